The molecular weight excluding hydrogens is 264 g/mol. The lowest BCUT2D eigenvalue weighted by molar-refractivity contribution is 0.0607. The van der Waals surface area contributed by atoms with Crippen molar-refractivity contribution in [2.45, 2.75) is 51.5 Å². The van der Waals surface area contributed by atoms with Gasteiger partial charge in [0, 0.05) is 38.1 Å². The number of hydrogen-bond acceptors (Lipinski definition) is 4. The molecule has 2 fully saturated rings. The summed E-state index contributed by atoms with van der Waals surface area (Å²) in [6, 6.07) is 0.379. The molecule has 0 bridgehead atoms. The second-order valence-corrected chi connectivity index (χ2v) is 6.02. The molecule has 0 N–H and O–H groups in total. The van der Waals surface area contributed by atoms with Crippen molar-refractivity contribution in [1.29, 1.82) is 0 Å². The summed E-state index contributed by atoms with van der Waals surface area (Å²) in [6.07, 6.45) is 10.3. The van der Waals surface area contributed by atoms with Crippen LogP contribution in [0.1, 0.15) is 55.8 Å². The van der Waals surface area contributed by atoms with Crippen LogP contribution in [-0.4, -0.2) is 46.5 Å². The van der Waals surface area contributed by atoms with Gasteiger partial charge in [0.1, 0.15) is 0 Å². The van der Waals surface area contributed by atoms with E-state index >= 15 is 0 Å². The maximum absolute atomic E-state index is 12.6. The highest BCUT2D eigenvalue weighted by atomic mass is 16.2. The molecule has 3 rings (SSSR count). The van der Waals surface area contributed by atoms with Crippen molar-refractivity contribution >= 4 is 11.9 Å². The van der Waals surface area contributed by atoms with Crippen LogP contribution in [0.2, 0.25) is 0 Å². The molecule has 2 saturated heterocycles. The van der Waals surface area contributed by atoms with Crippen LogP contribution in [0.25, 0.3) is 0 Å². The van der Waals surface area contributed by atoms with Gasteiger partial charge < -0.3 is 9.80 Å². The molecule has 0 spiro atoms. The summed E-state index contributed by atoms with van der Waals surface area (Å²) in [5, 5.41) is 0. The lowest BCUT2D eigenvalue weighted by Crippen LogP contribution is -2.43. The Bertz CT molecular complexity index is 482. The van der Waals surface area contributed by atoms with Gasteiger partial charge in [0.2, 0.25) is 5.95 Å². The summed E-state index contributed by atoms with van der Waals surface area (Å²) in [5.41, 5.74) is 0.623. The first-order valence-corrected chi connectivity index (χ1v) is 8.17. The number of carbonyl (C=O) groups is 1. The van der Waals surface area contributed by atoms with Gasteiger partial charge in [-0.1, -0.05) is 6.92 Å². The number of piperidine rings is 1. The molecule has 3 heterocycles. The average Bonchev–Trinajstić information content (AvgIpc) is 3.09. The molecule has 1 unspecified atom stereocenters. The first-order valence-electron chi connectivity index (χ1n) is 8.17. The number of rotatable bonds is 3. The van der Waals surface area contributed by atoms with E-state index in [9.17, 15) is 4.79 Å². The molecule has 2 aliphatic rings. The van der Waals surface area contributed by atoms with Crippen LogP contribution in [0.15, 0.2) is 12.4 Å². The Morgan fingerprint density at radius 3 is 2.48 bits per heavy atom. The Hall–Kier alpha value is -1.65. The molecule has 2 aliphatic heterocycles. The first-order chi connectivity index (χ1) is 10.3. The summed E-state index contributed by atoms with van der Waals surface area (Å²) >= 11 is 0. The summed E-state index contributed by atoms with van der Waals surface area (Å²) < 4.78 is 0. The highest BCUT2D eigenvalue weighted by Crippen LogP contribution is 2.22. The van der Waals surface area contributed by atoms with Crippen LogP contribution >= 0.6 is 0 Å². The number of nitrogens with zero attached hydrogens (tertiary/aromatic N) is 4. The quantitative estimate of drug-likeness (QED) is 0.857. The minimum absolute atomic E-state index is 0.0921. The molecule has 1 amide bonds. The SMILES string of the molecule is CCC1CCCCN1C(=O)c1cnc(N2CCCC2)nc1. The van der Waals surface area contributed by atoms with Crippen LogP contribution in [-0.2, 0) is 0 Å². The van der Waals surface area contributed by atoms with Crippen LogP contribution in [0.4, 0.5) is 5.95 Å². The van der Waals surface area contributed by atoms with Crippen LogP contribution in [0, 0.1) is 0 Å². The lowest BCUT2D eigenvalue weighted by Gasteiger charge is -2.35. The maximum Gasteiger partial charge on any atom is 0.257 e. The third kappa shape index (κ3) is 3.01. The van der Waals surface area contributed by atoms with E-state index in [1.165, 1.54) is 19.3 Å². The zero-order chi connectivity index (χ0) is 14.7. The molecule has 1 aromatic heterocycles. The maximum atomic E-state index is 12.6. The number of anilines is 1. The average molecular weight is 288 g/mol. The van der Waals surface area contributed by atoms with E-state index in [0.29, 0.717) is 11.6 Å². The number of amides is 1. The summed E-state index contributed by atoms with van der Waals surface area (Å²) in [7, 11) is 0. The number of carbonyl (C=O) groups excluding carboxylic acids is 1. The molecule has 0 aliphatic carbocycles. The number of aromatic nitrogens is 2. The Morgan fingerprint density at radius 2 is 1.81 bits per heavy atom. The Labute approximate surface area is 126 Å². The topological polar surface area (TPSA) is 49.3 Å². The van der Waals surface area contributed by atoms with Crippen molar-refractivity contribution in [3.63, 3.8) is 0 Å². The first kappa shape index (κ1) is 14.3. The third-order valence-electron chi connectivity index (χ3n) is 4.63. The highest BCUT2D eigenvalue weighted by Gasteiger charge is 2.26. The molecule has 21 heavy (non-hydrogen) atoms. The number of likely N-dealkylation sites (tertiary alicyclic amines) is 1. The van der Waals surface area contributed by atoms with Gasteiger partial charge in [0.15, 0.2) is 0 Å². The zero-order valence-electron chi connectivity index (χ0n) is 12.8. The smallest absolute Gasteiger partial charge is 0.257 e. The van der Waals surface area contributed by atoms with E-state index in [1.807, 2.05) is 4.90 Å². The van der Waals surface area contributed by atoms with E-state index in [-0.39, 0.29) is 5.91 Å². The highest BCUT2D eigenvalue weighted by molar-refractivity contribution is 5.94. The Kier molecular flexibility index (Phi) is 4.36. The number of hydrogen-bond donors (Lipinski definition) is 0. The molecule has 5 heteroatoms. The third-order valence-corrected chi connectivity index (χ3v) is 4.63. The second-order valence-electron chi connectivity index (χ2n) is 6.02. The van der Waals surface area contributed by atoms with Crippen LogP contribution < -0.4 is 4.90 Å². The molecule has 0 radical (unpaired) electrons. The van der Waals surface area contributed by atoms with Crippen molar-refractivity contribution in [1.82, 2.24) is 14.9 Å². The van der Waals surface area contributed by atoms with Crippen LogP contribution in [0.3, 0.4) is 0 Å². The molecule has 1 aromatic rings. The largest absolute Gasteiger partial charge is 0.341 e. The van der Waals surface area contributed by atoms with Gasteiger partial charge in [0.25, 0.3) is 5.91 Å². The fourth-order valence-corrected chi connectivity index (χ4v) is 3.37. The molecule has 0 saturated carbocycles. The lowest BCUT2D eigenvalue weighted by atomic mass is 9.99. The summed E-state index contributed by atoms with van der Waals surface area (Å²) in [4.78, 5) is 25.6. The zero-order valence-corrected chi connectivity index (χ0v) is 12.8. The van der Waals surface area contributed by atoms with Crippen molar-refractivity contribution < 1.29 is 4.79 Å². The van der Waals surface area contributed by atoms with Gasteiger partial charge in [-0.15, -0.1) is 0 Å². The summed E-state index contributed by atoms with van der Waals surface area (Å²) in [5.74, 6) is 0.851. The van der Waals surface area contributed by atoms with Gasteiger partial charge in [-0.25, -0.2) is 9.97 Å². The summed E-state index contributed by atoms with van der Waals surface area (Å²) in [6.45, 7) is 5.07. The van der Waals surface area contributed by atoms with Gasteiger partial charge in [0.05, 0.1) is 5.56 Å². The van der Waals surface area contributed by atoms with E-state index in [4.69, 9.17) is 0 Å². The molecular formula is C16H24N4O. The molecule has 0 aromatic carbocycles. The second kappa shape index (κ2) is 6.41. The fraction of sp³-hybridized carbons (Fsp3) is 0.688. The predicted molar refractivity (Wildman–Crippen MR) is 82.4 cm³/mol. The minimum Gasteiger partial charge on any atom is -0.341 e. The van der Waals surface area contributed by atoms with E-state index in [0.717, 1.165) is 44.8 Å². The fourth-order valence-electron chi connectivity index (χ4n) is 3.37. The molecule has 114 valence electrons. The minimum atomic E-state index is 0.0921. The van der Waals surface area contributed by atoms with Crippen molar-refractivity contribution in [2.75, 3.05) is 24.5 Å². The van der Waals surface area contributed by atoms with Gasteiger partial charge >= 0.3 is 0 Å². The Morgan fingerprint density at radius 1 is 1.14 bits per heavy atom. The van der Waals surface area contributed by atoms with Crippen molar-refractivity contribution in [3.05, 3.63) is 18.0 Å². The standard InChI is InChI=1S/C16H24N4O/c1-2-14-7-3-4-10-20(14)15(21)13-11-17-16(18-12-13)19-8-5-6-9-19/h11-12,14H,2-10H2,1H3. The van der Waals surface area contributed by atoms with E-state index in [1.54, 1.807) is 12.4 Å². The predicted octanol–water partition coefficient (Wildman–Crippen LogP) is 2.48. The molecule has 5 nitrogen and oxygen atoms in total. The van der Waals surface area contributed by atoms with E-state index < -0.39 is 0 Å². The Balaban J connectivity index is 1.71. The van der Waals surface area contributed by atoms with E-state index in [2.05, 4.69) is 21.8 Å². The van der Waals surface area contributed by atoms with Gasteiger partial charge in [-0.05, 0) is 38.5 Å². The van der Waals surface area contributed by atoms with Gasteiger partial charge in [-0.2, -0.15) is 0 Å². The van der Waals surface area contributed by atoms with Crippen molar-refractivity contribution in [3.8, 4) is 0 Å². The van der Waals surface area contributed by atoms with Crippen molar-refractivity contribution in [2.24, 2.45) is 0 Å². The van der Waals surface area contributed by atoms with Crippen LogP contribution in [0.5, 0.6) is 0 Å². The van der Waals surface area contributed by atoms with Gasteiger partial charge in [-0.3, -0.25) is 4.79 Å². The monoisotopic (exact) mass is 288 g/mol. The molecule has 1 atom stereocenters. The normalized spacial score (nSPS) is 22.6.